The first-order valence-electron chi connectivity index (χ1n) is 10.0. The van der Waals surface area contributed by atoms with Crippen molar-refractivity contribution < 1.29 is 5.11 Å². The SMILES string of the molecule is CN(C)Cc1nc(NC2CCCC2CCO)c2c(-c3ccccc3)csc2n1. The predicted octanol–water partition coefficient (Wildman–Crippen LogP) is 4.38. The molecule has 2 atom stereocenters. The first-order chi connectivity index (χ1) is 13.7. The van der Waals surface area contributed by atoms with Crippen LogP contribution in [0.4, 0.5) is 5.82 Å². The third kappa shape index (κ3) is 4.04. The maximum absolute atomic E-state index is 9.43. The monoisotopic (exact) mass is 396 g/mol. The van der Waals surface area contributed by atoms with E-state index in [-0.39, 0.29) is 6.61 Å². The van der Waals surface area contributed by atoms with Gasteiger partial charge in [-0.25, -0.2) is 9.97 Å². The lowest BCUT2D eigenvalue weighted by molar-refractivity contribution is 0.254. The molecular weight excluding hydrogens is 368 g/mol. The van der Waals surface area contributed by atoms with E-state index in [4.69, 9.17) is 9.97 Å². The number of aliphatic hydroxyl groups is 1. The van der Waals surface area contributed by atoms with Gasteiger partial charge in [-0.1, -0.05) is 36.8 Å². The zero-order valence-electron chi connectivity index (χ0n) is 16.6. The Hall–Kier alpha value is -2.02. The Balaban J connectivity index is 1.77. The van der Waals surface area contributed by atoms with Crippen LogP contribution in [0.5, 0.6) is 0 Å². The predicted molar refractivity (Wildman–Crippen MR) is 117 cm³/mol. The average Bonchev–Trinajstić information content (AvgIpc) is 3.29. The van der Waals surface area contributed by atoms with Gasteiger partial charge in [-0.3, -0.25) is 0 Å². The molecule has 148 valence electrons. The summed E-state index contributed by atoms with van der Waals surface area (Å²) in [5, 5.41) is 16.5. The molecule has 6 heteroatoms. The molecule has 2 aromatic heterocycles. The molecule has 2 unspecified atom stereocenters. The van der Waals surface area contributed by atoms with E-state index in [1.165, 1.54) is 24.0 Å². The molecule has 5 nitrogen and oxygen atoms in total. The fraction of sp³-hybridized carbons (Fsp3) is 0.455. The number of nitrogens with zero attached hydrogens (tertiary/aromatic N) is 3. The van der Waals surface area contributed by atoms with Crippen LogP contribution in [0.3, 0.4) is 0 Å². The minimum absolute atomic E-state index is 0.252. The molecule has 1 saturated carbocycles. The van der Waals surface area contributed by atoms with Crippen molar-refractivity contribution in [3.63, 3.8) is 0 Å². The molecule has 28 heavy (non-hydrogen) atoms. The number of nitrogens with one attached hydrogen (secondary N) is 1. The summed E-state index contributed by atoms with van der Waals surface area (Å²) in [5.41, 5.74) is 2.38. The molecule has 2 N–H and O–H groups in total. The summed E-state index contributed by atoms with van der Waals surface area (Å²) in [6.07, 6.45) is 4.36. The van der Waals surface area contributed by atoms with Crippen LogP contribution in [-0.2, 0) is 6.54 Å². The van der Waals surface area contributed by atoms with Crippen molar-refractivity contribution in [3.8, 4) is 11.1 Å². The van der Waals surface area contributed by atoms with E-state index in [9.17, 15) is 5.11 Å². The van der Waals surface area contributed by atoms with Crippen molar-refractivity contribution in [2.24, 2.45) is 5.92 Å². The molecule has 1 aliphatic carbocycles. The third-order valence-corrected chi connectivity index (χ3v) is 6.38. The van der Waals surface area contributed by atoms with Gasteiger partial charge in [-0.15, -0.1) is 11.3 Å². The Morgan fingerprint density at radius 2 is 2.00 bits per heavy atom. The zero-order chi connectivity index (χ0) is 19.5. The topological polar surface area (TPSA) is 61.3 Å². The molecule has 1 aromatic carbocycles. The molecule has 0 spiro atoms. The minimum Gasteiger partial charge on any atom is -0.396 e. The number of thiophene rings is 1. The molecule has 0 aliphatic heterocycles. The number of aliphatic hydroxyl groups excluding tert-OH is 1. The fourth-order valence-corrected chi connectivity index (χ4v) is 5.15. The minimum atomic E-state index is 0.252. The van der Waals surface area contributed by atoms with Gasteiger partial charge in [0.2, 0.25) is 0 Å². The van der Waals surface area contributed by atoms with Gasteiger partial charge in [-0.2, -0.15) is 0 Å². The number of rotatable bonds is 7. The van der Waals surface area contributed by atoms with E-state index >= 15 is 0 Å². The lowest BCUT2D eigenvalue weighted by Gasteiger charge is -2.22. The van der Waals surface area contributed by atoms with Gasteiger partial charge >= 0.3 is 0 Å². The van der Waals surface area contributed by atoms with Gasteiger partial charge in [-0.05, 0) is 44.8 Å². The smallest absolute Gasteiger partial charge is 0.146 e. The highest BCUT2D eigenvalue weighted by Crippen LogP contribution is 2.39. The lowest BCUT2D eigenvalue weighted by Crippen LogP contribution is -2.26. The summed E-state index contributed by atoms with van der Waals surface area (Å²) in [5.74, 6) is 2.29. The van der Waals surface area contributed by atoms with E-state index in [0.29, 0.717) is 18.5 Å². The Morgan fingerprint density at radius 1 is 1.18 bits per heavy atom. The van der Waals surface area contributed by atoms with E-state index in [1.54, 1.807) is 11.3 Å². The molecule has 0 bridgehead atoms. The Labute approximate surface area is 170 Å². The van der Waals surface area contributed by atoms with Crippen LogP contribution in [-0.4, -0.2) is 46.7 Å². The van der Waals surface area contributed by atoms with E-state index in [1.807, 2.05) is 20.2 Å². The third-order valence-electron chi connectivity index (χ3n) is 5.50. The van der Waals surface area contributed by atoms with E-state index in [2.05, 4.69) is 39.9 Å². The van der Waals surface area contributed by atoms with Crippen LogP contribution in [0.2, 0.25) is 0 Å². The highest BCUT2D eigenvalue weighted by atomic mass is 32.1. The summed E-state index contributed by atoms with van der Waals surface area (Å²) < 4.78 is 0. The first-order valence-corrected chi connectivity index (χ1v) is 10.9. The molecular formula is C22H28N4OS. The maximum atomic E-state index is 9.43. The summed E-state index contributed by atoms with van der Waals surface area (Å²) >= 11 is 1.68. The van der Waals surface area contributed by atoms with Crippen molar-refractivity contribution >= 4 is 27.4 Å². The highest BCUT2D eigenvalue weighted by molar-refractivity contribution is 7.17. The zero-order valence-corrected chi connectivity index (χ0v) is 17.4. The number of anilines is 1. The second-order valence-electron chi connectivity index (χ2n) is 7.88. The first kappa shape index (κ1) is 19.3. The van der Waals surface area contributed by atoms with Crippen molar-refractivity contribution in [2.45, 2.75) is 38.3 Å². The van der Waals surface area contributed by atoms with Crippen molar-refractivity contribution in [1.29, 1.82) is 0 Å². The van der Waals surface area contributed by atoms with Gasteiger partial charge in [0.25, 0.3) is 0 Å². The maximum Gasteiger partial charge on any atom is 0.146 e. The van der Waals surface area contributed by atoms with Crippen molar-refractivity contribution in [3.05, 3.63) is 41.5 Å². The molecule has 2 heterocycles. The summed E-state index contributed by atoms with van der Waals surface area (Å²) in [4.78, 5) is 12.9. The van der Waals surface area contributed by atoms with Gasteiger partial charge < -0.3 is 15.3 Å². The Bertz CT molecular complexity index is 925. The second kappa shape index (κ2) is 8.55. The molecule has 3 aromatic rings. The summed E-state index contributed by atoms with van der Waals surface area (Å²) in [6, 6.07) is 10.8. The summed E-state index contributed by atoms with van der Waals surface area (Å²) in [7, 11) is 4.08. The number of benzene rings is 1. The van der Waals surface area contributed by atoms with Crippen LogP contribution < -0.4 is 5.32 Å². The van der Waals surface area contributed by atoms with Crippen molar-refractivity contribution in [2.75, 3.05) is 26.0 Å². The van der Waals surface area contributed by atoms with E-state index < -0.39 is 0 Å². The lowest BCUT2D eigenvalue weighted by atomic mass is 9.99. The fourth-order valence-electron chi connectivity index (χ4n) is 4.19. The number of hydrogen-bond donors (Lipinski definition) is 2. The molecule has 0 saturated heterocycles. The van der Waals surface area contributed by atoms with Crippen LogP contribution in [0.1, 0.15) is 31.5 Å². The highest BCUT2D eigenvalue weighted by Gasteiger charge is 2.28. The quantitative estimate of drug-likeness (QED) is 0.620. The molecule has 4 rings (SSSR count). The molecule has 0 radical (unpaired) electrons. The van der Waals surface area contributed by atoms with Crippen LogP contribution in [0, 0.1) is 5.92 Å². The number of hydrogen-bond acceptors (Lipinski definition) is 6. The molecule has 1 fully saturated rings. The van der Waals surface area contributed by atoms with Crippen molar-refractivity contribution in [1.82, 2.24) is 14.9 Å². The van der Waals surface area contributed by atoms with Gasteiger partial charge in [0.1, 0.15) is 16.5 Å². The normalized spacial score (nSPS) is 19.6. The molecule has 0 amide bonds. The average molecular weight is 397 g/mol. The van der Waals surface area contributed by atoms with Crippen LogP contribution in [0.15, 0.2) is 35.7 Å². The standard InChI is InChI=1S/C22H28N4OS/c1-26(2)13-19-24-21(23-18-10-6-9-16(18)11-12-27)20-17(14-28-22(20)25-19)15-7-4-3-5-8-15/h3-5,7-8,14,16,18,27H,6,9-13H2,1-2H3,(H,23,24,25). The second-order valence-corrected chi connectivity index (χ2v) is 8.73. The number of fused-ring (bicyclic) bond motifs is 1. The van der Waals surface area contributed by atoms with E-state index in [0.717, 1.165) is 34.7 Å². The van der Waals surface area contributed by atoms with Crippen LogP contribution in [0.25, 0.3) is 21.3 Å². The Kier molecular flexibility index (Phi) is 5.90. The molecule has 1 aliphatic rings. The largest absolute Gasteiger partial charge is 0.396 e. The van der Waals surface area contributed by atoms with Gasteiger partial charge in [0.05, 0.1) is 11.9 Å². The van der Waals surface area contributed by atoms with Gasteiger partial charge in [0, 0.05) is 23.6 Å². The van der Waals surface area contributed by atoms with Gasteiger partial charge in [0.15, 0.2) is 0 Å². The number of aromatic nitrogens is 2. The summed E-state index contributed by atoms with van der Waals surface area (Å²) in [6.45, 7) is 0.968. The van der Waals surface area contributed by atoms with Crippen LogP contribution >= 0.6 is 11.3 Å². The Morgan fingerprint density at radius 3 is 2.75 bits per heavy atom.